The first kappa shape index (κ1) is 14.0. The number of hydrogen-bond donors (Lipinski definition) is 1. The number of rotatable bonds is 6. The summed E-state index contributed by atoms with van der Waals surface area (Å²) in [4.78, 5) is 4.44. The number of methoxy groups -OCH3 is 1. The zero-order valence-corrected chi connectivity index (χ0v) is 12.5. The molecule has 102 valence electrons. The zero-order chi connectivity index (χ0) is 13.7. The SMILES string of the molecule is COc1cccc2c(NCC(C)CSC)nccc12. The van der Waals surface area contributed by atoms with Gasteiger partial charge in [-0.15, -0.1) is 0 Å². The highest BCUT2D eigenvalue weighted by Crippen LogP contribution is 2.29. The minimum Gasteiger partial charge on any atom is -0.496 e. The van der Waals surface area contributed by atoms with Gasteiger partial charge in [-0.2, -0.15) is 11.8 Å². The van der Waals surface area contributed by atoms with Crippen LogP contribution >= 0.6 is 11.8 Å². The van der Waals surface area contributed by atoms with Crippen LogP contribution < -0.4 is 10.1 Å². The molecule has 1 aromatic carbocycles. The molecule has 0 saturated heterocycles. The number of thioether (sulfide) groups is 1. The Hall–Kier alpha value is -1.42. The molecule has 1 heterocycles. The Morgan fingerprint density at radius 3 is 2.89 bits per heavy atom. The number of ether oxygens (including phenoxy) is 1. The number of hydrogen-bond acceptors (Lipinski definition) is 4. The average molecular weight is 276 g/mol. The summed E-state index contributed by atoms with van der Waals surface area (Å²) in [5.41, 5.74) is 0. The molecule has 0 amide bonds. The molecule has 4 heteroatoms. The van der Waals surface area contributed by atoms with Gasteiger partial charge in [-0.3, -0.25) is 0 Å². The van der Waals surface area contributed by atoms with Gasteiger partial charge in [0.25, 0.3) is 0 Å². The van der Waals surface area contributed by atoms with E-state index in [1.165, 1.54) is 0 Å². The van der Waals surface area contributed by atoms with Crippen molar-refractivity contribution >= 4 is 28.4 Å². The summed E-state index contributed by atoms with van der Waals surface area (Å²) in [6.07, 6.45) is 3.96. The molecule has 1 N–H and O–H groups in total. The monoisotopic (exact) mass is 276 g/mol. The van der Waals surface area contributed by atoms with Crippen LogP contribution in [0.15, 0.2) is 30.5 Å². The van der Waals surface area contributed by atoms with Crippen molar-refractivity contribution in [3.63, 3.8) is 0 Å². The molecule has 1 unspecified atom stereocenters. The lowest BCUT2D eigenvalue weighted by molar-refractivity contribution is 0.420. The van der Waals surface area contributed by atoms with Gasteiger partial charge in [0.15, 0.2) is 0 Å². The molecule has 2 aromatic rings. The lowest BCUT2D eigenvalue weighted by atomic mass is 10.1. The van der Waals surface area contributed by atoms with Crippen LogP contribution in [0.4, 0.5) is 5.82 Å². The normalized spacial score (nSPS) is 12.4. The molecule has 19 heavy (non-hydrogen) atoms. The first-order valence-electron chi connectivity index (χ1n) is 6.40. The minimum absolute atomic E-state index is 0.623. The number of anilines is 1. The van der Waals surface area contributed by atoms with Crippen LogP contribution in [0.5, 0.6) is 5.75 Å². The molecule has 1 aromatic heterocycles. The van der Waals surface area contributed by atoms with E-state index in [2.05, 4.69) is 29.5 Å². The number of nitrogens with zero attached hydrogens (tertiary/aromatic N) is 1. The summed E-state index contributed by atoms with van der Waals surface area (Å²) in [7, 11) is 1.70. The van der Waals surface area contributed by atoms with Gasteiger partial charge in [-0.05, 0) is 30.1 Å². The fourth-order valence-corrected chi connectivity index (χ4v) is 2.80. The van der Waals surface area contributed by atoms with E-state index in [0.717, 1.165) is 34.6 Å². The third kappa shape index (κ3) is 3.32. The number of pyridine rings is 1. The summed E-state index contributed by atoms with van der Waals surface area (Å²) in [5.74, 6) is 3.60. The van der Waals surface area contributed by atoms with E-state index in [1.54, 1.807) is 7.11 Å². The summed E-state index contributed by atoms with van der Waals surface area (Å²) in [6.45, 7) is 3.18. The fraction of sp³-hybridized carbons (Fsp3) is 0.400. The van der Waals surface area contributed by atoms with Gasteiger partial charge in [-0.1, -0.05) is 19.1 Å². The van der Waals surface area contributed by atoms with E-state index in [4.69, 9.17) is 4.74 Å². The minimum atomic E-state index is 0.623. The lowest BCUT2D eigenvalue weighted by Crippen LogP contribution is -2.14. The van der Waals surface area contributed by atoms with Crippen LogP contribution in [0.2, 0.25) is 0 Å². The van der Waals surface area contributed by atoms with Gasteiger partial charge in [0.2, 0.25) is 0 Å². The van der Waals surface area contributed by atoms with Gasteiger partial charge >= 0.3 is 0 Å². The van der Waals surface area contributed by atoms with E-state index in [1.807, 2.05) is 36.2 Å². The van der Waals surface area contributed by atoms with Crippen LogP contribution in [0.1, 0.15) is 6.92 Å². The van der Waals surface area contributed by atoms with Crippen molar-refractivity contribution in [3.8, 4) is 5.75 Å². The third-order valence-corrected chi connectivity index (χ3v) is 3.96. The molecule has 0 saturated carbocycles. The van der Waals surface area contributed by atoms with Crippen molar-refractivity contribution in [1.29, 1.82) is 0 Å². The molecule has 0 bridgehead atoms. The van der Waals surface area contributed by atoms with Crippen LogP contribution in [-0.2, 0) is 0 Å². The number of aromatic nitrogens is 1. The van der Waals surface area contributed by atoms with E-state index >= 15 is 0 Å². The number of fused-ring (bicyclic) bond motifs is 1. The maximum atomic E-state index is 5.39. The topological polar surface area (TPSA) is 34.1 Å². The molecule has 0 aliphatic carbocycles. The van der Waals surface area contributed by atoms with E-state index in [0.29, 0.717) is 5.92 Å². The molecule has 0 aliphatic heterocycles. The Morgan fingerprint density at radius 2 is 2.16 bits per heavy atom. The van der Waals surface area contributed by atoms with E-state index < -0.39 is 0 Å². The summed E-state index contributed by atoms with van der Waals surface area (Å²) in [5, 5.41) is 5.65. The standard InChI is InChI=1S/C15H20N2OS/c1-11(10-19-3)9-17-15-13-5-4-6-14(18-2)12(13)7-8-16-15/h4-8,11H,9-10H2,1-3H3,(H,16,17). The first-order chi connectivity index (χ1) is 9.26. The van der Waals surface area contributed by atoms with Crippen molar-refractivity contribution in [2.24, 2.45) is 5.92 Å². The second-order valence-electron chi connectivity index (χ2n) is 4.66. The van der Waals surface area contributed by atoms with Crippen molar-refractivity contribution in [3.05, 3.63) is 30.5 Å². The van der Waals surface area contributed by atoms with Crippen LogP contribution in [0, 0.1) is 5.92 Å². The lowest BCUT2D eigenvalue weighted by Gasteiger charge is -2.14. The molecule has 0 aliphatic rings. The average Bonchev–Trinajstić information content (AvgIpc) is 2.44. The molecule has 3 nitrogen and oxygen atoms in total. The zero-order valence-electron chi connectivity index (χ0n) is 11.6. The van der Waals surface area contributed by atoms with Crippen molar-refractivity contribution in [1.82, 2.24) is 4.98 Å². The van der Waals surface area contributed by atoms with Gasteiger partial charge in [0.05, 0.1) is 7.11 Å². The molecular weight excluding hydrogens is 256 g/mol. The summed E-state index contributed by atoms with van der Waals surface area (Å²) >= 11 is 1.87. The Kier molecular flexibility index (Phi) is 4.91. The highest BCUT2D eigenvalue weighted by Gasteiger charge is 2.07. The molecule has 0 radical (unpaired) electrons. The van der Waals surface area contributed by atoms with Crippen LogP contribution in [-0.4, -0.2) is 30.6 Å². The Labute approximate surface area is 118 Å². The smallest absolute Gasteiger partial charge is 0.133 e. The van der Waals surface area contributed by atoms with Crippen molar-refractivity contribution in [2.75, 3.05) is 31.0 Å². The quantitative estimate of drug-likeness (QED) is 0.873. The molecular formula is C15H20N2OS. The van der Waals surface area contributed by atoms with Gasteiger partial charge in [0.1, 0.15) is 11.6 Å². The first-order valence-corrected chi connectivity index (χ1v) is 7.80. The fourth-order valence-electron chi connectivity index (χ4n) is 2.11. The molecule has 1 atom stereocenters. The Balaban J connectivity index is 2.24. The highest BCUT2D eigenvalue weighted by molar-refractivity contribution is 7.98. The Morgan fingerprint density at radius 1 is 1.32 bits per heavy atom. The molecule has 0 spiro atoms. The summed E-state index contributed by atoms with van der Waals surface area (Å²) in [6, 6.07) is 8.04. The largest absolute Gasteiger partial charge is 0.496 e. The molecule has 2 rings (SSSR count). The number of nitrogens with one attached hydrogen (secondary N) is 1. The van der Waals surface area contributed by atoms with Gasteiger partial charge < -0.3 is 10.1 Å². The predicted molar refractivity (Wildman–Crippen MR) is 84.3 cm³/mol. The van der Waals surface area contributed by atoms with E-state index in [-0.39, 0.29) is 0 Å². The second-order valence-corrected chi connectivity index (χ2v) is 5.57. The third-order valence-electron chi connectivity index (χ3n) is 3.06. The van der Waals surface area contributed by atoms with Crippen molar-refractivity contribution < 1.29 is 4.74 Å². The maximum Gasteiger partial charge on any atom is 0.133 e. The predicted octanol–water partition coefficient (Wildman–Crippen LogP) is 3.65. The van der Waals surface area contributed by atoms with Crippen molar-refractivity contribution in [2.45, 2.75) is 6.92 Å². The van der Waals surface area contributed by atoms with Crippen LogP contribution in [0.25, 0.3) is 10.8 Å². The van der Waals surface area contributed by atoms with E-state index in [9.17, 15) is 0 Å². The second kappa shape index (κ2) is 6.66. The maximum absolute atomic E-state index is 5.39. The molecule has 0 fully saturated rings. The highest BCUT2D eigenvalue weighted by atomic mass is 32.2. The summed E-state index contributed by atoms with van der Waals surface area (Å²) < 4.78 is 5.39. The van der Waals surface area contributed by atoms with Gasteiger partial charge in [0, 0.05) is 23.5 Å². The van der Waals surface area contributed by atoms with Gasteiger partial charge in [-0.25, -0.2) is 4.98 Å². The Bertz CT molecular complexity index is 545. The number of benzene rings is 1. The van der Waals surface area contributed by atoms with Crippen LogP contribution in [0.3, 0.4) is 0 Å².